The average molecular weight is 409 g/mol. The van der Waals surface area contributed by atoms with Gasteiger partial charge in [0, 0.05) is 49.3 Å². The first-order valence-corrected chi connectivity index (χ1v) is 10.4. The third-order valence-electron chi connectivity index (χ3n) is 6.04. The highest BCUT2D eigenvalue weighted by Crippen LogP contribution is 2.47. The number of carbonyl (C=O) groups excluding carboxylic acids is 1. The molecule has 2 heterocycles. The lowest BCUT2D eigenvalue weighted by atomic mass is 10.1. The molecule has 2 aromatic carbocycles. The number of benzene rings is 2. The number of anilines is 2. The molecule has 0 aromatic heterocycles. The standard InChI is InChI=1S/C22H23N3O5/c26-21(15-5-7-17(18(13-15)25(27)28)24-11-3-4-12-24)23-16-6-8-19-20(14-16)30-22(29-19)9-1-2-10-22/h5-8,13-14H,1-4,9-12H2,(H,23,26). The molecule has 1 N–H and O–H groups in total. The Kier molecular flexibility index (Phi) is 4.49. The summed E-state index contributed by atoms with van der Waals surface area (Å²) in [6.07, 6.45) is 5.90. The Morgan fingerprint density at radius 2 is 1.73 bits per heavy atom. The summed E-state index contributed by atoms with van der Waals surface area (Å²) < 4.78 is 12.0. The average Bonchev–Trinajstić information content (AvgIpc) is 3.48. The topological polar surface area (TPSA) is 93.9 Å². The second-order valence-electron chi connectivity index (χ2n) is 8.09. The van der Waals surface area contributed by atoms with Crippen molar-refractivity contribution in [2.45, 2.75) is 44.3 Å². The van der Waals surface area contributed by atoms with E-state index in [1.54, 1.807) is 30.3 Å². The van der Waals surface area contributed by atoms with Gasteiger partial charge in [-0.2, -0.15) is 0 Å². The van der Waals surface area contributed by atoms with Crippen LogP contribution < -0.4 is 19.7 Å². The van der Waals surface area contributed by atoms with Crippen LogP contribution in [0.5, 0.6) is 11.5 Å². The van der Waals surface area contributed by atoms with E-state index in [1.807, 2.05) is 4.90 Å². The van der Waals surface area contributed by atoms with Crippen molar-refractivity contribution in [3.63, 3.8) is 0 Å². The molecule has 0 unspecified atom stereocenters. The van der Waals surface area contributed by atoms with Gasteiger partial charge in [-0.3, -0.25) is 14.9 Å². The van der Waals surface area contributed by atoms with Crippen LogP contribution >= 0.6 is 0 Å². The zero-order valence-electron chi connectivity index (χ0n) is 16.6. The fraction of sp³-hybridized carbons (Fsp3) is 0.409. The van der Waals surface area contributed by atoms with E-state index in [-0.39, 0.29) is 11.3 Å². The van der Waals surface area contributed by atoms with Crippen molar-refractivity contribution in [2.75, 3.05) is 23.3 Å². The zero-order chi connectivity index (χ0) is 20.7. The van der Waals surface area contributed by atoms with Crippen molar-refractivity contribution in [1.29, 1.82) is 0 Å². The SMILES string of the molecule is O=C(Nc1ccc2c(c1)OC1(CCCC1)O2)c1ccc(N2CCCC2)c([N+](=O)[O-])c1. The van der Waals surface area contributed by atoms with Crippen molar-refractivity contribution >= 4 is 23.0 Å². The molecule has 0 bridgehead atoms. The monoisotopic (exact) mass is 409 g/mol. The molecule has 2 aromatic rings. The summed E-state index contributed by atoms with van der Waals surface area (Å²) in [5, 5.41) is 14.4. The Balaban J connectivity index is 1.35. The molecule has 2 aliphatic heterocycles. The summed E-state index contributed by atoms with van der Waals surface area (Å²) in [4.78, 5) is 25.9. The zero-order valence-corrected chi connectivity index (χ0v) is 16.6. The summed E-state index contributed by atoms with van der Waals surface area (Å²) >= 11 is 0. The molecular weight excluding hydrogens is 386 g/mol. The van der Waals surface area contributed by atoms with Crippen molar-refractivity contribution in [3.8, 4) is 11.5 Å². The first kappa shape index (κ1) is 18.7. The van der Waals surface area contributed by atoms with E-state index in [0.717, 1.165) is 51.6 Å². The van der Waals surface area contributed by atoms with Crippen molar-refractivity contribution in [3.05, 3.63) is 52.1 Å². The summed E-state index contributed by atoms with van der Waals surface area (Å²) in [6.45, 7) is 1.59. The number of nitro groups is 1. The van der Waals surface area contributed by atoms with Crippen LogP contribution in [0.25, 0.3) is 0 Å². The number of fused-ring (bicyclic) bond motifs is 1. The highest BCUT2D eigenvalue weighted by atomic mass is 16.7. The Morgan fingerprint density at radius 3 is 2.47 bits per heavy atom. The summed E-state index contributed by atoms with van der Waals surface area (Å²) in [5.74, 6) is 0.336. The van der Waals surface area contributed by atoms with Crippen LogP contribution in [0.3, 0.4) is 0 Å². The van der Waals surface area contributed by atoms with Gasteiger partial charge in [0.25, 0.3) is 17.4 Å². The second-order valence-corrected chi connectivity index (χ2v) is 8.09. The Morgan fingerprint density at radius 1 is 1.00 bits per heavy atom. The molecule has 0 atom stereocenters. The molecule has 8 heteroatoms. The Bertz CT molecular complexity index is 1010. The van der Waals surface area contributed by atoms with E-state index in [1.165, 1.54) is 6.07 Å². The third-order valence-corrected chi connectivity index (χ3v) is 6.04. The van der Waals surface area contributed by atoms with Gasteiger partial charge in [-0.05, 0) is 49.9 Å². The number of amides is 1. The minimum absolute atomic E-state index is 0.0431. The van der Waals surface area contributed by atoms with Gasteiger partial charge in [-0.1, -0.05) is 0 Å². The van der Waals surface area contributed by atoms with E-state index in [2.05, 4.69) is 5.32 Å². The van der Waals surface area contributed by atoms with Crippen molar-refractivity contribution < 1.29 is 19.2 Å². The molecule has 1 spiro atoms. The Hall–Kier alpha value is -3.29. The van der Waals surface area contributed by atoms with Gasteiger partial charge in [-0.15, -0.1) is 0 Å². The first-order chi connectivity index (χ1) is 14.5. The van der Waals surface area contributed by atoms with Crippen LogP contribution in [0.15, 0.2) is 36.4 Å². The van der Waals surface area contributed by atoms with Gasteiger partial charge in [0.15, 0.2) is 11.5 Å². The lowest BCUT2D eigenvalue weighted by Gasteiger charge is -2.21. The van der Waals surface area contributed by atoms with Crippen LogP contribution in [-0.4, -0.2) is 29.7 Å². The van der Waals surface area contributed by atoms with Crippen LogP contribution in [0, 0.1) is 10.1 Å². The lowest BCUT2D eigenvalue weighted by molar-refractivity contribution is -0.384. The molecule has 8 nitrogen and oxygen atoms in total. The number of ether oxygens (including phenoxy) is 2. The van der Waals surface area contributed by atoms with Crippen LogP contribution in [0.1, 0.15) is 48.9 Å². The largest absolute Gasteiger partial charge is 0.448 e. The number of carbonyl (C=O) groups is 1. The fourth-order valence-corrected chi connectivity index (χ4v) is 4.53. The van der Waals surface area contributed by atoms with Gasteiger partial charge in [0.05, 0.1) is 4.92 Å². The molecule has 156 valence electrons. The minimum atomic E-state index is -0.559. The van der Waals surface area contributed by atoms with Gasteiger partial charge >= 0.3 is 0 Å². The predicted molar refractivity (Wildman–Crippen MR) is 111 cm³/mol. The molecule has 5 rings (SSSR count). The lowest BCUT2D eigenvalue weighted by Crippen LogP contribution is -2.34. The number of hydrogen-bond donors (Lipinski definition) is 1. The smallest absolute Gasteiger partial charge is 0.293 e. The van der Waals surface area contributed by atoms with Gasteiger partial charge in [-0.25, -0.2) is 0 Å². The van der Waals surface area contributed by atoms with E-state index in [4.69, 9.17) is 9.47 Å². The highest BCUT2D eigenvalue weighted by Gasteiger charge is 2.44. The number of nitrogens with zero attached hydrogens (tertiary/aromatic N) is 2. The summed E-state index contributed by atoms with van der Waals surface area (Å²) in [5.41, 5.74) is 1.33. The maximum Gasteiger partial charge on any atom is 0.293 e. The molecule has 30 heavy (non-hydrogen) atoms. The normalized spacial score (nSPS) is 18.7. The number of nitrogens with one attached hydrogen (secondary N) is 1. The van der Waals surface area contributed by atoms with Crippen LogP contribution in [0.4, 0.5) is 17.1 Å². The third kappa shape index (κ3) is 3.32. The Labute approximate surface area is 173 Å². The molecule has 1 aliphatic carbocycles. The van der Waals surface area contributed by atoms with Crippen molar-refractivity contribution in [1.82, 2.24) is 0 Å². The number of nitro benzene ring substituents is 1. The molecule has 1 saturated carbocycles. The van der Waals surface area contributed by atoms with E-state index < -0.39 is 16.6 Å². The van der Waals surface area contributed by atoms with Gasteiger partial charge in [0.2, 0.25) is 0 Å². The van der Waals surface area contributed by atoms with Gasteiger partial charge in [0.1, 0.15) is 5.69 Å². The molecule has 0 radical (unpaired) electrons. The maximum atomic E-state index is 12.8. The van der Waals surface area contributed by atoms with E-state index in [9.17, 15) is 14.9 Å². The summed E-state index contributed by atoms with van der Waals surface area (Å²) in [7, 11) is 0. The second kappa shape index (κ2) is 7.19. The molecule has 2 fully saturated rings. The molecular formula is C22H23N3O5. The quantitative estimate of drug-likeness (QED) is 0.591. The number of rotatable bonds is 4. The summed E-state index contributed by atoms with van der Waals surface area (Å²) in [6, 6.07) is 9.94. The van der Waals surface area contributed by atoms with Gasteiger partial charge < -0.3 is 19.7 Å². The minimum Gasteiger partial charge on any atom is -0.448 e. The number of hydrogen-bond acceptors (Lipinski definition) is 6. The fourth-order valence-electron chi connectivity index (χ4n) is 4.53. The van der Waals surface area contributed by atoms with E-state index in [0.29, 0.717) is 22.9 Å². The molecule has 3 aliphatic rings. The van der Waals surface area contributed by atoms with Crippen molar-refractivity contribution in [2.24, 2.45) is 0 Å². The molecule has 1 saturated heterocycles. The molecule has 1 amide bonds. The first-order valence-electron chi connectivity index (χ1n) is 10.4. The van der Waals surface area contributed by atoms with Crippen LogP contribution in [0.2, 0.25) is 0 Å². The van der Waals surface area contributed by atoms with Crippen LogP contribution in [-0.2, 0) is 0 Å². The highest BCUT2D eigenvalue weighted by molar-refractivity contribution is 6.05. The maximum absolute atomic E-state index is 12.8. The predicted octanol–water partition coefficient (Wildman–Crippen LogP) is 4.49. The van der Waals surface area contributed by atoms with E-state index >= 15 is 0 Å².